The van der Waals surface area contributed by atoms with Crippen LogP contribution in [0.25, 0.3) is 43.6 Å². The van der Waals surface area contributed by atoms with E-state index in [0.717, 1.165) is 73.0 Å². The number of hydrogen-bond donors (Lipinski definition) is 0. The van der Waals surface area contributed by atoms with Crippen molar-refractivity contribution in [1.29, 1.82) is 0 Å². The van der Waals surface area contributed by atoms with Gasteiger partial charge in [0.2, 0.25) is 4.80 Å². The number of thiazole rings is 1. The van der Waals surface area contributed by atoms with E-state index < -0.39 is 5.97 Å². The molecule has 6 rings (SSSR count). The molecule has 0 fully saturated rings. The van der Waals surface area contributed by atoms with E-state index >= 15 is 4.39 Å². The first kappa shape index (κ1) is 35.2. The molecule has 6 aromatic rings. The zero-order valence-corrected chi connectivity index (χ0v) is 29.9. The molecule has 0 saturated carbocycles. The first-order valence-corrected chi connectivity index (χ1v) is 17.8. The summed E-state index contributed by atoms with van der Waals surface area (Å²) < 4.78 is 29.8. The molecule has 1 heterocycles. The van der Waals surface area contributed by atoms with E-state index in [-0.39, 0.29) is 12.4 Å². The Hall–Kier alpha value is -5.60. The number of ether oxygens (including phenoxy) is 2. The lowest BCUT2D eigenvalue weighted by molar-refractivity contribution is -0.137. The molecule has 0 aliphatic carbocycles. The van der Waals surface area contributed by atoms with E-state index in [4.69, 9.17) is 14.6 Å². The van der Waals surface area contributed by atoms with Gasteiger partial charge in [0.05, 0.1) is 29.1 Å². The monoisotopic (exact) mass is 697 g/mol. The highest BCUT2D eigenvalue weighted by atomic mass is 32.1. The van der Waals surface area contributed by atoms with Crippen molar-refractivity contribution in [3.63, 3.8) is 0 Å². The maximum Gasteiger partial charge on any atom is 0.330 e. The van der Waals surface area contributed by atoms with Crippen LogP contribution in [0.4, 0.5) is 4.39 Å². The molecular formula is C43H40FN3O3S. The number of aryl methyl sites for hydroxylation is 2. The normalized spacial score (nSPS) is 11.9. The Kier molecular flexibility index (Phi) is 11.3. The Labute approximate surface area is 301 Å². The number of hydrogen-bond acceptors (Lipinski definition) is 6. The van der Waals surface area contributed by atoms with Crippen LogP contribution in [0, 0.1) is 5.82 Å². The van der Waals surface area contributed by atoms with Crippen LogP contribution >= 0.6 is 11.3 Å². The van der Waals surface area contributed by atoms with Crippen molar-refractivity contribution >= 4 is 33.2 Å². The van der Waals surface area contributed by atoms with Crippen LogP contribution in [0.15, 0.2) is 132 Å². The number of benzene rings is 5. The molecule has 0 saturated heterocycles. The van der Waals surface area contributed by atoms with Crippen molar-refractivity contribution in [3.8, 4) is 39.1 Å². The molecular weight excluding hydrogens is 658 g/mol. The van der Waals surface area contributed by atoms with E-state index in [1.807, 2.05) is 73.1 Å². The quantitative estimate of drug-likeness (QED) is 0.0397. The maximum absolute atomic E-state index is 15.9. The lowest BCUT2D eigenvalue weighted by Gasteiger charge is -2.14. The van der Waals surface area contributed by atoms with E-state index in [2.05, 4.69) is 67.1 Å². The smallest absolute Gasteiger partial charge is 0.330 e. The fourth-order valence-electron chi connectivity index (χ4n) is 5.91. The highest BCUT2D eigenvalue weighted by Gasteiger charge is 2.14. The van der Waals surface area contributed by atoms with Gasteiger partial charge in [0.1, 0.15) is 11.6 Å². The van der Waals surface area contributed by atoms with Gasteiger partial charge in [-0.2, -0.15) is 5.10 Å². The molecule has 51 heavy (non-hydrogen) atoms. The topological polar surface area (TPSA) is 65.2 Å². The zero-order chi connectivity index (χ0) is 35.7. The molecule has 0 atom stereocenters. The number of halogens is 1. The number of rotatable bonds is 13. The van der Waals surface area contributed by atoms with Crippen molar-refractivity contribution in [2.24, 2.45) is 17.3 Å². The predicted octanol–water partition coefficient (Wildman–Crippen LogP) is 10.2. The molecule has 0 radical (unpaired) electrons. The van der Waals surface area contributed by atoms with Crippen LogP contribution < -0.4 is 9.54 Å². The molecule has 5 aromatic carbocycles. The average Bonchev–Trinajstić information content (AvgIpc) is 3.48. The third-order valence-corrected chi connectivity index (χ3v) is 9.75. The molecule has 0 unspecified atom stereocenters. The second kappa shape index (κ2) is 16.4. The minimum Gasteiger partial charge on any atom is -0.493 e. The van der Waals surface area contributed by atoms with Crippen molar-refractivity contribution in [2.75, 3.05) is 13.2 Å². The minimum absolute atomic E-state index is 0.252. The summed E-state index contributed by atoms with van der Waals surface area (Å²) >= 11 is 1.59. The highest BCUT2D eigenvalue weighted by molar-refractivity contribution is 7.16. The van der Waals surface area contributed by atoms with E-state index in [0.29, 0.717) is 24.3 Å². The van der Waals surface area contributed by atoms with Gasteiger partial charge in [-0.25, -0.2) is 9.18 Å². The predicted molar refractivity (Wildman–Crippen MR) is 207 cm³/mol. The lowest BCUT2D eigenvalue weighted by atomic mass is 9.91. The second-order valence-electron chi connectivity index (χ2n) is 12.2. The van der Waals surface area contributed by atoms with Gasteiger partial charge in [-0.05, 0) is 83.1 Å². The van der Waals surface area contributed by atoms with Crippen molar-refractivity contribution in [2.45, 2.75) is 33.1 Å². The van der Waals surface area contributed by atoms with Gasteiger partial charge >= 0.3 is 5.97 Å². The fraction of sp³-hybridized carbons (Fsp3) is 0.186. The van der Waals surface area contributed by atoms with E-state index in [1.54, 1.807) is 17.4 Å². The number of carbonyl (C=O) groups is 1. The summed E-state index contributed by atoms with van der Waals surface area (Å²) in [5, 5.41) is 9.39. The molecule has 0 amide bonds. The summed E-state index contributed by atoms with van der Waals surface area (Å²) in [4.78, 5) is 12.0. The van der Waals surface area contributed by atoms with Crippen molar-refractivity contribution in [3.05, 3.63) is 144 Å². The number of carbonyl (C=O) groups excluding carboxylic acids is 1. The van der Waals surface area contributed by atoms with Gasteiger partial charge in [0, 0.05) is 30.7 Å². The summed E-state index contributed by atoms with van der Waals surface area (Å²) in [6.07, 6.45) is 3.83. The summed E-state index contributed by atoms with van der Waals surface area (Å²) in [7, 11) is 1.99. The summed E-state index contributed by atoms with van der Waals surface area (Å²) in [6.45, 7) is 8.15. The molecule has 0 bridgehead atoms. The lowest BCUT2D eigenvalue weighted by Crippen LogP contribution is -2.09. The largest absolute Gasteiger partial charge is 0.493 e. The third kappa shape index (κ3) is 8.41. The summed E-state index contributed by atoms with van der Waals surface area (Å²) in [5.41, 5.74) is 9.02. The fourth-order valence-corrected chi connectivity index (χ4v) is 6.87. The van der Waals surface area contributed by atoms with Crippen molar-refractivity contribution in [1.82, 2.24) is 4.57 Å². The van der Waals surface area contributed by atoms with Gasteiger partial charge in [-0.15, -0.1) is 5.10 Å². The van der Waals surface area contributed by atoms with Crippen LogP contribution in [0.1, 0.15) is 37.8 Å². The van der Waals surface area contributed by atoms with Gasteiger partial charge < -0.3 is 14.0 Å². The van der Waals surface area contributed by atoms with Crippen LogP contribution in [-0.4, -0.2) is 29.5 Å². The van der Waals surface area contributed by atoms with Crippen LogP contribution in [0.5, 0.6) is 5.75 Å². The summed E-state index contributed by atoms with van der Waals surface area (Å²) in [6, 6.07) is 35.8. The molecule has 6 nitrogen and oxygen atoms in total. The maximum atomic E-state index is 15.9. The number of aromatic nitrogens is 1. The minimum atomic E-state index is -0.454. The Balaban J connectivity index is 1.30. The van der Waals surface area contributed by atoms with Crippen LogP contribution in [0.2, 0.25) is 0 Å². The van der Waals surface area contributed by atoms with Gasteiger partial charge in [-0.3, -0.25) is 0 Å². The Bertz CT molecular complexity index is 2270. The van der Waals surface area contributed by atoms with Gasteiger partial charge in [-0.1, -0.05) is 104 Å². The SMILES string of the molecule is C=CC(=O)OCCCOc1ccc(-c2ccc(-c3ccc(-c4ccc(CCC)cc4)cc3/C(C)=N/N=c3\sc4ccccc4n3C)cc2F)cc1. The Morgan fingerprint density at radius 1 is 0.863 bits per heavy atom. The van der Waals surface area contributed by atoms with E-state index in [9.17, 15) is 4.79 Å². The average molecular weight is 698 g/mol. The Morgan fingerprint density at radius 2 is 1.57 bits per heavy atom. The Morgan fingerprint density at radius 3 is 2.29 bits per heavy atom. The number of para-hydroxylation sites is 1. The third-order valence-electron chi connectivity index (χ3n) is 8.65. The van der Waals surface area contributed by atoms with E-state index in [1.165, 1.54) is 5.56 Å². The molecule has 8 heteroatoms. The standard InChI is InChI=1S/C43H40FN3O3S/c1-5-10-30-13-15-31(16-14-30)33-19-23-36(38(27-33)29(3)45-46-43-47(4)40-11-7-8-12-41(40)51-43)34-20-24-37(39(44)28-34)32-17-21-35(22-18-32)49-25-9-26-50-42(48)6-2/h6-8,11-24,27-28H,2,5,9-10,25-26H2,1,3-4H3/b45-29+,46-43-. The first-order chi connectivity index (χ1) is 24.8. The molecule has 1 aromatic heterocycles. The highest BCUT2D eigenvalue weighted by Crippen LogP contribution is 2.33. The van der Waals surface area contributed by atoms with Crippen molar-refractivity contribution < 1.29 is 18.7 Å². The van der Waals surface area contributed by atoms with Crippen LogP contribution in [0.3, 0.4) is 0 Å². The van der Waals surface area contributed by atoms with Gasteiger partial charge in [0.15, 0.2) is 0 Å². The molecule has 0 N–H and O–H groups in total. The molecule has 0 aliphatic rings. The zero-order valence-electron chi connectivity index (χ0n) is 29.1. The van der Waals surface area contributed by atoms with Crippen LogP contribution in [-0.2, 0) is 23.0 Å². The molecule has 0 aliphatic heterocycles. The second-order valence-corrected chi connectivity index (χ2v) is 13.2. The number of esters is 1. The van der Waals surface area contributed by atoms with Gasteiger partial charge in [0.25, 0.3) is 0 Å². The molecule has 0 spiro atoms. The molecule has 258 valence electrons. The number of fused-ring (bicyclic) bond motifs is 1. The first-order valence-electron chi connectivity index (χ1n) is 17.0. The number of nitrogens with zero attached hydrogens (tertiary/aromatic N) is 3. The summed E-state index contributed by atoms with van der Waals surface area (Å²) in [5.74, 6) is -0.131.